The van der Waals surface area contributed by atoms with E-state index in [9.17, 15) is 5.11 Å². The van der Waals surface area contributed by atoms with Crippen molar-refractivity contribution in [3.05, 3.63) is 0 Å². The molecule has 2 aliphatic rings. The van der Waals surface area contributed by atoms with Crippen LogP contribution in [-0.4, -0.2) is 11.2 Å². The molecule has 2 aliphatic carbocycles. The summed E-state index contributed by atoms with van der Waals surface area (Å²) in [6.45, 7) is 4.56. The predicted octanol–water partition coefficient (Wildman–Crippen LogP) is 3.11. The van der Waals surface area contributed by atoms with Gasteiger partial charge in [-0.25, -0.2) is 0 Å². The molecule has 0 saturated heterocycles. The summed E-state index contributed by atoms with van der Waals surface area (Å²) in [6.07, 6.45) is 6.35. The summed E-state index contributed by atoms with van der Waals surface area (Å²) in [5.74, 6) is 1.63. The van der Waals surface area contributed by atoms with Gasteiger partial charge in [0.2, 0.25) is 0 Å². The normalized spacial score (nSPS) is 44.8. The van der Waals surface area contributed by atoms with Crippen molar-refractivity contribution in [2.45, 2.75) is 58.5 Å². The van der Waals surface area contributed by atoms with Crippen LogP contribution in [0.25, 0.3) is 0 Å². The Morgan fingerprint density at radius 3 is 2.88 bits per heavy atom. The molecule has 2 heteroatoms. The molecule has 2 saturated carbocycles. The number of nitrogens with zero attached hydrogens (tertiary/aromatic N) is 1. The summed E-state index contributed by atoms with van der Waals surface area (Å²) in [7, 11) is 0. The maximum Gasteiger partial charge on any atom is 0.0624 e. The summed E-state index contributed by atoms with van der Waals surface area (Å²) < 4.78 is 0. The van der Waals surface area contributed by atoms with Crippen molar-refractivity contribution in [3.8, 4) is 6.07 Å². The second-order valence-electron chi connectivity index (χ2n) is 6.10. The first-order valence-electron chi connectivity index (χ1n) is 6.64. The van der Waals surface area contributed by atoms with Crippen molar-refractivity contribution in [2.75, 3.05) is 0 Å². The van der Waals surface area contributed by atoms with Crippen LogP contribution >= 0.6 is 0 Å². The van der Waals surface area contributed by atoms with E-state index in [2.05, 4.69) is 19.9 Å². The number of rotatable bonds is 2. The van der Waals surface area contributed by atoms with E-state index >= 15 is 0 Å². The fraction of sp³-hybridized carbons (Fsp3) is 0.929. The molecule has 16 heavy (non-hydrogen) atoms. The molecule has 0 aromatic carbocycles. The number of hydrogen-bond donors (Lipinski definition) is 1. The molecule has 2 nitrogen and oxygen atoms in total. The lowest BCUT2D eigenvalue weighted by Gasteiger charge is -2.44. The smallest absolute Gasteiger partial charge is 0.0624 e. The molecule has 0 spiro atoms. The zero-order chi connectivity index (χ0) is 11.8. The summed E-state index contributed by atoms with van der Waals surface area (Å²) in [6, 6.07) is 2.31. The van der Waals surface area contributed by atoms with E-state index in [0.29, 0.717) is 29.6 Å². The molecule has 0 aromatic heterocycles. The molecular weight excluding hydrogens is 198 g/mol. The fourth-order valence-electron chi connectivity index (χ4n) is 4.41. The lowest BCUT2D eigenvalue weighted by atomic mass is 9.61. The summed E-state index contributed by atoms with van der Waals surface area (Å²) in [5, 5.41) is 18.9. The number of aliphatic hydroxyl groups is 1. The standard InChI is InChI=1S/C14H23NO/c1-10(7-9-15)11-5-6-12-13(16)4-3-8-14(11,12)2/h10-13,16H,3-8H2,1-2H3/t10-,11?,12+,13+,14-/m1/s1. The average molecular weight is 221 g/mol. The van der Waals surface area contributed by atoms with Crippen LogP contribution in [0.3, 0.4) is 0 Å². The Balaban J connectivity index is 2.15. The first kappa shape index (κ1) is 11.9. The van der Waals surface area contributed by atoms with Gasteiger partial charge in [-0.1, -0.05) is 20.3 Å². The zero-order valence-corrected chi connectivity index (χ0v) is 10.4. The fourth-order valence-corrected chi connectivity index (χ4v) is 4.41. The zero-order valence-electron chi connectivity index (χ0n) is 10.4. The third-order valence-electron chi connectivity index (χ3n) is 5.26. The molecule has 1 N–H and O–H groups in total. The molecule has 0 aromatic rings. The molecule has 2 fully saturated rings. The highest BCUT2D eigenvalue weighted by molar-refractivity contribution is 5.02. The lowest BCUT2D eigenvalue weighted by Crippen LogP contribution is -2.41. The molecule has 0 bridgehead atoms. The van der Waals surface area contributed by atoms with E-state index < -0.39 is 0 Å². The van der Waals surface area contributed by atoms with E-state index in [1.807, 2.05) is 0 Å². The Labute approximate surface area is 98.7 Å². The van der Waals surface area contributed by atoms with Crippen LogP contribution in [0.4, 0.5) is 0 Å². The third-order valence-corrected chi connectivity index (χ3v) is 5.26. The van der Waals surface area contributed by atoms with Crippen LogP contribution in [0, 0.1) is 34.5 Å². The topological polar surface area (TPSA) is 44.0 Å². The van der Waals surface area contributed by atoms with Crippen molar-refractivity contribution in [1.29, 1.82) is 5.26 Å². The van der Waals surface area contributed by atoms with E-state index in [-0.39, 0.29) is 6.10 Å². The number of hydrogen-bond acceptors (Lipinski definition) is 2. The highest BCUT2D eigenvalue weighted by atomic mass is 16.3. The van der Waals surface area contributed by atoms with Crippen LogP contribution in [0.1, 0.15) is 52.4 Å². The van der Waals surface area contributed by atoms with Gasteiger partial charge >= 0.3 is 0 Å². The van der Waals surface area contributed by atoms with Gasteiger partial charge in [0.15, 0.2) is 0 Å². The van der Waals surface area contributed by atoms with Crippen LogP contribution in [-0.2, 0) is 0 Å². The van der Waals surface area contributed by atoms with Crippen molar-refractivity contribution in [2.24, 2.45) is 23.2 Å². The molecule has 0 heterocycles. The average Bonchev–Trinajstić information content (AvgIpc) is 2.57. The van der Waals surface area contributed by atoms with E-state index in [1.165, 1.54) is 12.8 Å². The number of nitriles is 1. The highest BCUT2D eigenvalue weighted by Gasteiger charge is 2.51. The Bertz CT molecular complexity index is 296. The first-order chi connectivity index (χ1) is 7.59. The van der Waals surface area contributed by atoms with Crippen molar-refractivity contribution < 1.29 is 5.11 Å². The summed E-state index contributed by atoms with van der Waals surface area (Å²) >= 11 is 0. The largest absolute Gasteiger partial charge is 0.393 e. The minimum absolute atomic E-state index is 0.0852. The van der Waals surface area contributed by atoms with Crippen LogP contribution < -0.4 is 0 Å². The van der Waals surface area contributed by atoms with E-state index in [1.54, 1.807) is 0 Å². The molecular formula is C14H23NO. The Kier molecular flexibility index (Phi) is 3.26. The van der Waals surface area contributed by atoms with Crippen molar-refractivity contribution in [1.82, 2.24) is 0 Å². The predicted molar refractivity (Wildman–Crippen MR) is 63.6 cm³/mol. The van der Waals surface area contributed by atoms with Crippen LogP contribution in [0.5, 0.6) is 0 Å². The van der Waals surface area contributed by atoms with Crippen LogP contribution in [0.2, 0.25) is 0 Å². The molecule has 2 rings (SSSR count). The van der Waals surface area contributed by atoms with E-state index in [4.69, 9.17) is 5.26 Å². The van der Waals surface area contributed by atoms with Crippen molar-refractivity contribution >= 4 is 0 Å². The van der Waals surface area contributed by atoms with Gasteiger partial charge in [0.25, 0.3) is 0 Å². The minimum atomic E-state index is -0.0852. The molecule has 0 amide bonds. The Morgan fingerprint density at radius 1 is 1.44 bits per heavy atom. The molecule has 1 unspecified atom stereocenters. The summed E-state index contributed by atoms with van der Waals surface area (Å²) in [5.41, 5.74) is 0.300. The van der Waals surface area contributed by atoms with Crippen LogP contribution in [0.15, 0.2) is 0 Å². The molecule has 90 valence electrons. The lowest BCUT2D eigenvalue weighted by molar-refractivity contribution is -0.0264. The minimum Gasteiger partial charge on any atom is -0.393 e. The van der Waals surface area contributed by atoms with E-state index in [0.717, 1.165) is 19.3 Å². The maximum absolute atomic E-state index is 10.1. The van der Waals surface area contributed by atoms with Gasteiger partial charge in [-0.05, 0) is 48.9 Å². The number of aliphatic hydroxyl groups excluding tert-OH is 1. The van der Waals surface area contributed by atoms with Gasteiger partial charge in [0.1, 0.15) is 0 Å². The maximum atomic E-state index is 10.1. The highest BCUT2D eigenvalue weighted by Crippen LogP contribution is 2.57. The van der Waals surface area contributed by atoms with Gasteiger partial charge < -0.3 is 5.11 Å². The third kappa shape index (κ3) is 1.76. The van der Waals surface area contributed by atoms with Gasteiger partial charge in [-0.2, -0.15) is 5.26 Å². The molecule has 5 atom stereocenters. The Morgan fingerprint density at radius 2 is 2.19 bits per heavy atom. The number of fused-ring (bicyclic) bond motifs is 1. The van der Waals surface area contributed by atoms with Gasteiger partial charge in [-0.3, -0.25) is 0 Å². The monoisotopic (exact) mass is 221 g/mol. The molecule has 0 aliphatic heterocycles. The van der Waals surface area contributed by atoms with Gasteiger partial charge in [0, 0.05) is 6.42 Å². The second kappa shape index (κ2) is 4.37. The second-order valence-corrected chi connectivity index (χ2v) is 6.10. The summed E-state index contributed by atoms with van der Waals surface area (Å²) in [4.78, 5) is 0. The Hall–Kier alpha value is -0.550. The quantitative estimate of drug-likeness (QED) is 0.778. The first-order valence-corrected chi connectivity index (χ1v) is 6.64. The van der Waals surface area contributed by atoms with Crippen molar-refractivity contribution in [3.63, 3.8) is 0 Å². The van der Waals surface area contributed by atoms with Gasteiger partial charge in [0.05, 0.1) is 12.2 Å². The molecule has 0 radical (unpaired) electrons. The van der Waals surface area contributed by atoms with Gasteiger partial charge in [-0.15, -0.1) is 0 Å². The SMILES string of the molecule is C[C@H](CC#N)C1CC[C@H]2[C@@H](O)CCC[C@]12C.